The zero-order valence-corrected chi connectivity index (χ0v) is 14.2. The Labute approximate surface area is 141 Å². The molecule has 2 aromatic rings. The summed E-state index contributed by atoms with van der Waals surface area (Å²) >= 11 is 1.66. The molecule has 0 unspecified atom stereocenters. The monoisotopic (exact) mass is 323 g/mol. The van der Waals surface area contributed by atoms with Gasteiger partial charge in [0.1, 0.15) is 5.84 Å². The van der Waals surface area contributed by atoms with E-state index < -0.39 is 0 Å². The summed E-state index contributed by atoms with van der Waals surface area (Å²) < 4.78 is 7.03. The molecule has 0 amide bonds. The normalized spacial score (nSPS) is 17.2. The van der Waals surface area contributed by atoms with E-state index in [4.69, 9.17) is 0 Å². The lowest BCUT2D eigenvalue weighted by molar-refractivity contribution is 0.594. The van der Waals surface area contributed by atoms with Gasteiger partial charge in [0.2, 0.25) is 0 Å². The van der Waals surface area contributed by atoms with Crippen molar-refractivity contribution in [3.63, 3.8) is 0 Å². The highest BCUT2D eigenvalue weighted by Gasteiger charge is 2.21. The van der Waals surface area contributed by atoms with Gasteiger partial charge in [-0.05, 0) is 54.3 Å². The van der Waals surface area contributed by atoms with Crippen LogP contribution in [0.2, 0.25) is 0 Å². The van der Waals surface area contributed by atoms with Crippen LogP contribution >= 0.6 is 11.9 Å². The molecule has 0 atom stereocenters. The number of hydrogen-bond donors (Lipinski definition) is 0. The summed E-state index contributed by atoms with van der Waals surface area (Å²) in [6.45, 7) is 4.37. The largest absolute Gasteiger partial charge is 0.347 e. The molecule has 1 aromatic heterocycles. The Balaban J connectivity index is 1.71. The molecule has 0 saturated carbocycles. The van der Waals surface area contributed by atoms with Gasteiger partial charge in [0.15, 0.2) is 0 Å². The summed E-state index contributed by atoms with van der Waals surface area (Å²) in [5, 5.41) is 1.31. The number of unbranched alkanes of at least 4 members (excludes halogenated alkanes) is 1. The van der Waals surface area contributed by atoms with Gasteiger partial charge >= 0.3 is 0 Å². The van der Waals surface area contributed by atoms with Crippen LogP contribution in [0.4, 0.5) is 0 Å². The zero-order valence-electron chi connectivity index (χ0n) is 13.4. The lowest BCUT2D eigenvalue weighted by Crippen LogP contribution is -2.32. The highest BCUT2D eigenvalue weighted by atomic mass is 32.2. The van der Waals surface area contributed by atoms with Gasteiger partial charge in [-0.3, -0.25) is 0 Å². The first-order chi connectivity index (χ1) is 11.4. The van der Waals surface area contributed by atoms with Crippen molar-refractivity contribution in [1.29, 1.82) is 0 Å². The fraction of sp³-hybridized carbons (Fsp3) is 0.316. The van der Waals surface area contributed by atoms with Gasteiger partial charge in [-0.1, -0.05) is 19.4 Å². The van der Waals surface area contributed by atoms with Gasteiger partial charge in [-0.25, -0.2) is 0 Å². The molecule has 1 aromatic carbocycles. The lowest BCUT2D eigenvalue weighted by atomic mass is 10.0. The highest BCUT2D eigenvalue weighted by Crippen LogP contribution is 2.29. The topological polar surface area (TPSA) is 20.5 Å². The Morgan fingerprint density at radius 2 is 2.22 bits per heavy atom. The van der Waals surface area contributed by atoms with Crippen LogP contribution in [-0.4, -0.2) is 27.6 Å². The van der Waals surface area contributed by atoms with Crippen molar-refractivity contribution < 1.29 is 0 Å². The second kappa shape index (κ2) is 6.28. The molecular formula is C19H21N3S. The van der Waals surface area contributed by atoms with E-state index in [-0.39, 0.29) is 0 Å². The first-order valence-electron chi connectivity index (χ1n) is 8.31. The summed E-state index contributed by atoms with van der Waals surface area (Å²) in [4.78, 5) is 2.25. The molecule has 0 aliphatic carbocycles. The molecule has 0 fully saturated rings. The standard InChI is InChI=1S/C19H21N3S/c1-2-3-9-21-11-8-16-14-15(6-7-18(16)21)17-5-4-10-22-12-13-23-20-19(17)22/h4-8,10-11,14H,2-3,9,12-13H2,1H3. The number of benzene rings is 1. The van der Waals surface area contributed by atoms with Crippen LogP contribution in [0.1, 0.15) is 25.3 Å². The molecule has 2 aliphatic rings. The van der Waals surface area contributed by atoms with Crippen molar-refractivity contribution in [2.75, 3.05) is 12.3 Å². The van der Waals surface area contributed by atoms with Crippen molar-refractivity contribution in [3.8, 4) is 0 Å². The van der Waals surface area contributed by atoms with Crippen LogP contribution in [0.15, 0.2) is 53.2 Å². The second-order valence-electron chi connectivity index (χ2n) is 6.00. The van der Waals surface area contributed by atoms with Gasteiger partial charge in [0.25, 0.3) is 0 Å². The van der Waals surface area contributed by atoms with Crippen molar-refractivity contribution in [3.05, 3.63) is 54.4 Å². The van der Waals surface area contributed by atoms with E-state index in [9.17, 15) is 0 Å². The number of nitrogens with zero attached hydrogens (tertiary/aromatic N) is 3. The average molecular weight is 323 g/mol. The maximum Gasteiger partial charge on any atom is 0.148 e. The molecular weight excluding hydrogens is 302 g/mol. The third-order valence-electron chi connectivity index (χ3n) is 4.45. The van der Waals surface area contributed by atoms with E-state index in [0.717, 1.165) is 24.7 Å². The predicted molar refractivity (Wildman–Crippen MR) is 101 cm³/mol. The number of allylic oxidation sites excluding steroid dienone is 2. The molecule has 0 saturated heterocycles. The van der Waals surface area contributed by atoms with Gasteiger partial charge in [0.05, 0.1) is 0 Å². The minimum absolute atomic E-state index is 1.03. The molecule has 3 heterocycles. The van der Waals surface area contributed by atoms with Crippen LogP contribution < -0.4 is 0 Å². The van der Waals surface area contributed by atoms with Crippen LogP contribution in [0, 0.1) is 0 Å². The summed E-state index contributed by atoms with van der Waals surface area (Å²) in [6, 6.07) is 9.00. The summed E-state index contributed by atoms with van der Waals surface area (Å²) in [6.07, 6.45) is 11.1. The van der Waals surface area contributed by atoms with E-state index >= 15 is 0 Å². The third kappa shape index (κ3) is 2.72. The van der Waals surface area contributed by atoms with E-state index in [1.807, 2.05) is 0 Å². The Morgan fingerprint density at radius 3 is 3.13 bits per heavy atom. The third-order valence-corrected chi connectivity index (χ3v) is 5.12. The number of hydrogen-bond acceptors (Lipinski definition) is 3. The van der Waals surface area contributed by atoms with E-state index in [1.165, 1.54) is 34.9 Å². The van der Waals surface area contributed by atoms with Crippen molar-refractivity contribution >= 4 is 34.3 Å². The van der Waals surface area contributed by atoms with E-state index in [0.29, 0.717) is 0 Å². The summed E-state index contributed by atoms with van der Waals surface area (Å²) in [5.41, 5.74) is 3.80. The number of fused-ring (bicyclic) bond motifs is 2. The second-order valence-corrected chi connectivity index (χ2v) is 6.85. The Kier molecular flexibility index (Phi) is 4.00. The maximum absolute atomic E-state index is 4.67. The molecule has 4 heteroatoms. The molecule has 118 valence electrons. The van der Waals surface area contributed by atoms with Gasteiger partial charge in [-0.15, -0.1) is 0 Å². The fourth-order valence-corrected chi connectivity index (χ4v) is 3.88. The van der Waals surface area contributed by atoms with E-state index in [1.54, 1.807) is 11.9 Å². The predicted octanol–water partition coefficient (Wildman–Crippen LogP) is 4.71. The van der Waals surface area contributed by atoms with Crippen molar-refractivity contribution in [2.24, 2.45) is 4.40 Å². The van der Waals surface area contributed by atoms with Crippen LogP contribution in [0.3, 0.4) is 0 Å². The number of aromatic nitrogens is 1. The molecule has 0 radical (unpaired) electrons. The van der Waals surface area contributed by atoms with Crippen LogP contribution in [0.5, 0.6) is 0 Å². The SMILES string of the molecule is CCCCn1ccc2cc(C3=CC=CN4CCSN=C34)ccc21. The molecule has 23 heavy (non-hydrogen) atoms. The Hall–Kier alpha value is -1.94. The van der Waals surface area contributed by atoms with Gasteiger partial charge < -0.3 is 9.47 Å². The van der Waals surface area contributed by atoms with Gasteiger partial charge in [-0.2, -0.15) is 4.40 Å². The average Bonchev–Trinajstić information content (AvgIpc) is 3.01. The summed E-state index contributed by atoms with van der Waals surface area (Å²) in [5.74, 6) is 2.15. The molecule has 0 N–H and O–H groups in total. The minimum Gasteiger partial charge on any atom is -0.347 e. The first kappa shape index (κ1) is 14.6. The minimum atomic E-state index is 1.03. The highest BCUT2D eigenvalue weighted by molar-refractivity contribution is 7.98. The molecule has 0 bridgehead atoms. The number of aryl methyl sites for hydroxylation is 1. The van der Waals surface area contributed by atoms with Crippen molar-refractivity contribution in [1.82, 2.24) is 9.47 Å². The quantitative estimate of drug-likeness (QED) is 0.759. The zero-order chi connectivity index (χ0) is 15.6. The Morgan fingerprint density at radius 1 is 1.26 bits per heavy atom. The maximum atomic E-state index is 4.67. The first-order valence-corrected chi connectivity index (χ1v) is 9.26. The molecule has 0 spiro atoms. The lowest BCUT2D eigenvalue weighted by Gasteiger charge is -2.29. The fourth-order valence-electron chi connectivity index (χ4n) is 3.19. The van der Waals surface area contributed by atoms with Crippen molar-refractivity contribution in [2.45, 2.75) is 26.3 Å². The van der Waals surface area contributed by atoms with Gasteiger partial charge in [0, 0.05) is 47.7 Å². The smallest absolute Gasteiger partial charge is 0.148 e. The van der Waals surface area contributed by atoms with Crippen LogP contribution in [0.25, 0.3) is 16.5 Å². The molecule has 3 nitrogen and oxygen atoms in total. The molecule has 4 rings (SSSR count). The van der Waals surface area contributed by atoms with Crippen LogP contribution in [-0.2, 0) is 6.54 Å². The number of amidine groups is 1. The Bertz CT molecular complexity index is 813. The number of rotatable bonds is 4. The summed E-state index contributed by atoms with van der Waals surface area (Å²) in [7, 11) is 0. The molecule has 2 aliphatic heterocycles. The van der Waals surface area contributed by atoms with E-state index in [2.05, 4.69) is 69.6 Å².